The lowest BCUT2D eigenvalue weighted by atomic mass is 9.82. The lowest BCUT2D eigenvalue weighted by Gasteiger charge is -2.29. The molecular weight excluding hydrogens is 170 g/mol. The van der Waals surface area contributed by atoms with Crippen LogP contribution in [0.2, 0.25) is 0 Å². The third-order valence-electron chi connectivity index (χ3n) is 2.79. The SMILES string of the molecule is CN[C@H](C(=O)O)C1CCC(O)CC1. The number of carboxylic acids is 1. The quantitative estimate of drug-likeness (QED) is 0.590. The highest BCUT2D eigenvalue weighted by atomic mass is 16.4. The molecule has 0 aromatic rings. The van der Waals surface area contributed by atoms with Crippen molar-refractivity contribution in [2.24, 2.45) is 5.92 Å². The van der Waals surface area contributed by atoms with E-state index >= 15 is 0 Å². The number of nitrogens with one attached hydrogen (secondary N) is 1. The number of hydrogen-bond acceptors (Lipinski definition) is 3. The molecule has 0 unspecified atom stereocenters. The summed E-state index contributed by atoms with van der Waals surface area (Å²) in [6.07, 6.45) is 2.85. The number of carbonyl (C=O) groups is 1. The van der Waals surface area contributed by atoms with Crippen molar-refractivity contribution >= 4 is 5.97 Å². The molecule has 0 aromatic heterocycles. The normalized spacial score (nSPS) is 31.2. The first-order valence-corrected chi connectivity index (χ1v) is 4.73. The maximum absolute atomic E-state index is 10.8. The summed E-state index contributed by atoms with van der Waals surface area (Å²) in [4.78, 5) is 10.8. The molecule has 0 heterocycles. The number of likely N-dealkylation sites (N-methyl/N-ethyl adjacent to an activating group) is 1. The van der Waals surface area contributed by atoms with Gasteiger partial charge in [-0.15, -0.1) is 0 Å². The van der Waals surface area contributed by atoms with Crippen LogP contribution in [0.4, 0.5) is 0 Å². The van der Waals surface area contributed by atoms with Gasteiger partial charge in [-0.1, -0.05) is 0 Å². The highest BCUT2D eigenvalue weighted by molar-refractivity contribution is 5.73. The Morgan fingerprint density at radius 1 is 1.38 bits per heavy atom. The summed E-state index contributed by atoms with van der Waals surface area (Å²) in [5.74, 6) is -0.616. The zero-order chi connectivity index (χ0) is 9.84. The highest BCUT2D eigenvalue weighted by Gasteiger charge is 2.29. The molecule has 76 valence electrons. The molecule has 1 rings (SSSR count). The Bertz CT molecular complexity index is 176. The van der Waals surface area contributed by atoms with Gasteiger partial charge in [-0.05, 0) is 38.6 Å². The smallest absolute Gasteiger partial charge is 0.320 e. The highest BCUT2D eigenvalue weighted by Crippen LogP contribution is 2.26. The molecule has 4 heteroatoms. The molecule has 0 spiro atoms. The summed E-state index contributed by atoms with van der Waals surface area (Å²) in [5.41, 5.74) is 0. The van der Waals surface area contributed by atoms with E-state index in [1.807, 2.05) is 0 Å². The van der Waals surface area contributed by atoms with Gasteiger partial charge in [-0.2, -0.15) is 0 Å². The van der Waals surface area contributed by atoms with Crippen LogP contribution < -0.4 is 5.32 Å². The minimum Gasteiger partial charge on any atom is -0.480 e. The molecule has 0 aromatic carbocycles. The zero-order valence-corrected chi connectivity index (χ0v) is 7.86. The van der Waals surface area contributed by atoms with Crippen LogP contribution in [0, 0.1) is 5.92 Å². The first-order valence-electron chi connectivity index (χ1n) is 4.73. The fraction of sp³-hybridized carbons (Fsp3) is 0.889. The minimum absolute atomic E-state index is 0.172. The molecule has 13 heavy (non-hydrogen) atoms. The minimum atomic E-state index is -0.788. The number of aliphatic hydroxyl groups excluding tert-OH is 1. The van der Waals surface area contributed by atoms with Crippen LogP contribution in [-0.4, -0.2) is 35.4 Å². The first kappa shape index (κ1) is 10.5. The lowest BCUT2D eigenvalue weighted by molar-refractivity contribution is -0.141. The van der Waals surface area contributed by atoms with Crippen LogP contribution in [0.25, 0.3) is 0 Å². The van der Waals surface area contributed by atoms with Gasteiger partial charge in [0.25, 0.3) is 0 Å². The Kier molecular flexibility index (Phi) is 3.69. The van der Waals surface area contributed by atoms with E-state index in [4.69, 9.17) is 5.11 Å². The predicted molar refractivity (Wildman–Crippen MR) is 48.4 cm³/mol. The average Bonchev–Trinajstić information content (AvgIpc) is 2.09. The van der Waals surface area contributed by atoms with Crippen LogP contribution in [0.3, 0.4) is 0 Å². The Hall–Kier alpha value is -0.610. The summed E-state index contributed by atoms with van der Waals surface area (Å²) < 4.78 is 0. The molecule has 1 saturated carbocycles. The summed E-state index contributed by atoms with van der Waals surface area (Å²) in [7, 11) is 1.67. The second kappa shape index (κ2) is 4.58. The van der Waals surface area contributed by atoms with E-state index in [-0.39, 0.29) is 12.0 Å². The van der Waals surface area contributed by atoms with Gasteiger partial charge in [0.05, 0.1) is 6.10 Å². The van der Waals surface area contributed by atoms with Crippen molar-refractivity contribution in [3.8, 4) is 0 Å². The number of aliphatic hydroxyl groups is 1. The van der Waals surface area contributed by atoms with E-state index in [1.165, 1.54) is 0 Å². The Labute approximate surface area is 78.0 Å². The van der Waals surface area contributed by atoms with Crippen LogP contribution in [0.5, 0.6) is 0 Å². The fourth-order valence-electron chi connectivity index (χ4n) is 2.00. The molecular formula is C9H17NO3. The summed E-state index contributed by atoms with van der Waals surface area (Å²) >= 11 is 0. The summed E-state index contributed by atoms with van der Waals surface area (Å²) in [6.45, 7) is 0. The number of rotatable bonds is 3. The average molecular weight is 187 g/mol. The Morgan fingerprint density at radius 3 is 2.31 bits per heavy atom. The maximum Gasteiger partial charge on any atom is 0.320 e. The standard InChI is InChI=1S/C9H17NO3/c1-10-8(9(12)13)6-2-4-7(11)5-3-6/h6-8,10-11H,2-5H2,1H3,(H,12,13)/t6?,7?,8-/m0/s1. The van der Waals surface area contributed by atoms with Crippen LogP contribution >= 0.6 is 0 Å². The third kappa shape index (κ3) is 2.67. The lowest BCUT2D eigenvalue weighted by Crippen LogP contribution is -2.42. The maximum atomic E-state index is 10.8. The van der Waals surface area contributed by atoms with Gasteiger partial charge in [0, 0.05) is 0 Å². The fourth-order valence-corrected chi connectivity index (χ4v) is 2.00. The van der Waals surface area contributed by atoms with Gasteiger partial charge < -0.3 is 15.5 Å². The van der Waals surface area contributed by atoms with E-state index in [9.17, 15) is 9.90 Å². The van der Waals surface area contributed by atoms with Crippen LogP contribution in [-0.2, 0) is 4.79 Å². The number of carboxylic acid groups (broad SMARTS) is 1. The van der Waals surface area contributed by atoms with Gasteiger partial charge in [0.1, 0.15) is 6.04 Å². The van der Waals surface area contributed by atoms with Gasteiger partial charge in [-0.3, -0.25) is 4.79 Å². The molecule has 3 N–H and O–H groups in total. The molecule has 1 aliphatic carbocycles. The molecule has 1 fully saturated rings. The molecule has 4 nitrogen and oxygen atoms in total. The predicted octanol–water partition coefficient (Wildman–Crippen LogP) is 0.210. The number of aliphatic carboxylic acids is 1. The number of hydrogen-bond donors (Lipinski definition) is 3. The van der Waals surface area contributed by atoms with Crippen molar-refractivity contribution < 1.29 is 15.0 Å². The van der Waals surface area contributed by atoms with E-state index in [0.29, 0.717) is 0 Å². The molecule has 0 bridgehead atoms. The van der Waals surface area contributed by atoms with Crippen molar-refractivity contribution in [1.82, 2.24) is 5.32 Å². The van der Waals surface area contributed by atoms with Gasteiger partial charge in [-0.25, -0.2) is 0 Å². The van der Waals surface area contributed by atoms with Crippen molar-refractivity contribution in [3.63, 3.8) is 0 Å². The van der Waals surface area contributed by atoms with Crippen molar-refractivity contribution in [1.29, 1.82) is 0 Å². The topological polar surface area (TPSA) is 69.6 Å². The van der Waals surface area contributed by atoms with Crippen molar-refractivity contribution in [2.75, 3.05) is 7.05 Å². The molecule has 0 amide bonds. The Morgan fingerprint density at radius 2 is 1.92 bits per heavy atom. The first-order chi connectivity index (χ1) is 6.15. The van der Waals surface area contributed by atoms with E-state index in [1.54, 1.807) is 7.05 Å². The monoisotopic (exact) mass is 187 g/mol. The van der Waals surface area contributed by atoms with E-state index < -0.39 is 12.0 Å². The van der Waals surface area contributed by atoms with Crippen molar-refractivity contribution in [2.45, 2.75) is 37.8 Å². The molecule has 1 aliphatic rings. The van der Waals surface area contributed by atoms with Crippen molar-refractivity contribution in [3.05, 3.63) is 0 Å². The molecule has 1 atom stereocenters. The van der Waals surface area contributed by atoms with Crippen LogP contribution in [0.1, 0.15) is 25.7 Å². The van der Waals surface area contributed by atoms with Gasteiger partial charge in [0.15, 0.2) is 0 Å². The van der Waals surface area contributed by atoms with E-state index in [0.717, 1.165) is 25.7 Å². The second-order valence-electron chi connectivity index (χ2n) is 3.67. The van der Waals surface area contributed by atoms with Crippen LogP contribution in [0.15, 0.2) is 0 Å². The van der Waals surface area contributed by atoms with Gasteiger partial charge >= 0.3 is 5.97 Å². The second-order valence-corrected chi connectivity index (χ2v) is 3.67. The molecule has 0 saturated heterocycles. The van der Waals surface area contributed by atoms with Gasteiger partial charge in [0.2, 0.25) is 0 Å². The summed E-state index contributed by atoms with van der Waals surface area (Å²) in [5, 5.41) is 20.9. The molecule has 0 aliphatic heterocycles. The largest absolute Gasteiger partial charge is 0.480 e. The molecule has 0 radical (unpaired) electrons. The van der Waals surface area contributed by atoms with E-state index in [2.05, 4.69) is 5.32 Å². The zero-order valence-electron chi connectivity index (χ0n) is 7.86. The third-order valence-corrected chi connectivity index (χ3v) is 2.79. The Balaban J connectivity index is 2.46. The summed E-state index contributed by atoms with van der Waals surface area (Å²) in [6, 6.07) is -0.451.